The SMILES string of the molecule is CC(=O)ON=C(C)C(=O)c1ccc2c(c1)c1cc(C(=O)C(C)=NOC(C)=O)ccc1n2-c1ccc(C(=O)c2ccccc2)cc1. The van der Waals surface area contributed by atoms with Gasteiger partial charge in [-0.05, 0) is 74.5 Å². The van der Waals surface area contributed by atoms with Gasteiger partial charge in [-0.25, -0.2) is 9.59 Å². The molecule has 1 heterocycles. The van der Waals surface area contributed by atoms with Crippen molar-refractivity contribution in [1.29, 1.82) is 0 Å². The van der Waals surface area contributed by atoms with E-state index in [2.05, 4.69) is 20.0 Å². The predicted molar refractivity (Wildman–Crippen MR) is 169 cm³/mol. The summed E-state index contributed by atoms with van der Waals surface area (Å²) in [6, 6.07) is 26.4. The fourth-order valence-corrected chi connectivity index (χ4v) is 4.87. The Morgan fingerprint density at radius 3 is 1.40 bits per heavy atom. The summed E-state index contributed by atoms with van der Waals surface area (Å²) in [5.41, 5.74) is 3.87. The molecule has 0 aliphatic carbocycles. The van der Waals surface area contributed by atoms with Crippen molar-refractivity contribution in [3.05, 3.63) is 113 Å². The van der Waals surface area contributed by atoms with Gasteiger partial charge in [-0.2, -0.15) is 0 Å². The lowest BCUT2D eigenvalue weighted by atomic mass is 10.0. The average Bonchev–Trinajstić information content (AvgIpc) is 3.38. The molecule has 0 saturated carbocycles. The molecule has 0 spiro atoms. The monoisotopic (exact) mass is 601 g/mol. The number of carbonyl (C=O) groups excluding carboxylic acids is 5. The van der Waals surface area contributed by atoms with Crippen molar-refractivity contribution in [3.8, 4) is 5.69 Å². The van der Waals surface area contributed by atoms with Gasteiger partial charge in [0.2, 0.25) is 11.6 Å². The zero-order chi connectivity index (χ0) is 32.2. The maximum atomic E-state index is 13.2. The number of ketones is 3. The second-order valence-electron chi connectivity index (χ2n) is 10.2. The minimum atomic E-state index is -0.651. The van der Waals surface area contributed by atoms with E-state index in [1.54, 1.807) is 60.7 Å². The third-order valence-corrected chi connectivity index (χ3v) is 6.99. The molecule has 1 aromatic heterocycles. The minimum Gasteiger partial charge on any atom is -0.318 e. The van der Waals surface area contributed by atoms with Gasteiger partial charge in [-0.1, -0.05) is 40.6 Å². The number of carbonyl (C=O) groups is 5. The van der Waals surface area contributed by atoms with E-state index in [1.165, 1.54) is 27.7 Å². The third kappa shape index (κ3) is 6.35. The van der Waals surface area contributed by atoms with Gasteiger partial charge in [-0.15, -0.1) is 0 Å². The topological polar surface area (TPSA) is 133 Å². The summed E-state index contributed by atoms with van der Waals surface area (Å²) in [7, 11) is 0. The zero-order valence-corrected chi connectivity index (χ0v) is 24.9. The summed E-state index contributed by atoms with van der Waals surface area (Å²) < 4.78 is 1.96. The van der Waals surface area contributed by atoms with E-state index in [-0.39, 0.29) is 17.2 Å². The molecule has 45 heavy (non-hydrogen) atoms. The molecule has 224 valence electrons. The normalized spacial score (nSPS) is 11.8. The molecule has 0 N–H and O–H groups in total. The molecule has 0 fully saturated rings. The number of fused-ring (bicyclic) bond motifs is 3. The lowest BCUT2D eigenvalue weighted by molar-refractivity contribution is -0.141. The smallest absolute Gasteiger partial charge is 0.318 e. The van der Waals surface area contributed by atoms with E-state index in [9.17, 15) is 24.0 Å². The lowest BCUT2D eigenvalue weighted by Gasteiger charge is -2.10. The Labute approximate surface area is 257 Å². The average molecular weight is 602 g/mol. The maximum Gasteiger partial charge on any atom is 0.331 e. The number of hydrogen-bond donors (Lipinski definition) is 0. The molecule has 0 radical (unpaired) electrons. The molecule has 0 bridgehead atoms. The van der Waals surface area contributed by atoms with Crippen LogP contribution in [0.15, 0.2) is 101 Å². The largest absolute Gasteiger partial charge is 0.331 e. The fraction of sp³-hybridized carbons (Fsp3) is 0.114. The van der Waals surface area contributed by atoms with Crippen LogP contribution in [0, 0.1) is 0 Å². The first-order chi connectivity index (χ1) is 21.5. The van der Waals surface area contributed by atoms with E-state index in [4.69, 9.17) is 0 Å². The van der Waals surface area contributed by atoms with Crippen LogP contribution in [0.4, 0.5) is 0 Å². The van der Waals surface area contributed by atoms with Crippen molar-refractivity contribution < 1.29 is 33.6 Å². The van der Waals surface area contributed by atoms with E-state index in [0.717, 1.165) is 16.7 Å². The standard InChI is InChI=1S/C35H27N3O7/c1-20(36-44-22(3)39)33(41)26-12-16-31-29(18-26)30-19-27(34(42)21(2)37-45-23(4)40)13-17-32(30)38(31)28-14-10-25(11-15-28)35(43)24-8-6-5-7-9-24/h5-19H,1-4H3. The van der Waals surface area contributed by atoms with Crippen LogP contribution < -0.4 is 0 Å². The van der Waals surface area contributed by atoms with Crippen LogP contribution in [0.25, 0.3) is 27.5 Å². The summed E-state index contributed by atoms with van der Waals surface area (Å²) in [4.78, 5) is 71.0. The Hall–Kier alpha value is -6.03. The van der Waals surface area contributed by atoms with Crippen LogP contribution in [-0.2, 0) is 19.3 Å². The first-order valence-electron chi connectivity index (χ1n) is 13.9. The third-order valence-electron chi connectivity index (χ3n) is 6.99. The molecule has 0 atom stereocenters. The molecule has 10 heteroatoms. The minimum absolute atomic E-state index is 0.0138. The summed E-state index contributed by atoms with van der Waals surface area (Å²) >= 11 is 0. The van der Waals surface area contributed by atoms with Gasteiger partial charge in [0.25, 0.3) is 0 Å². The lowest BCUT2D eigenvalue weighted by Crippen LogP contribution is -2.12. The van der Waals surface area contributed by atoms with Crippen molar-refractivity contribution in [2.75, 3.05) is 0 Å². The van der Waals surface area contributed by atoms with Crippen LogP contribution in [-0.4, -0.2) is 45.3 Å². The van der Waals surface area contributed by atoms with Gasteiger partial charge in [0.05, 0.1) is 11.0 Å². The van der Waals surface area contributed by atoms with Gasteiger partial charge in [0.15, 0.2) is 5.78 Å². The van der Waals surface area contributed by atoms with Gasteiger partial charge >= 0.3 is 11.9 Å². The van der Waals surface area contributed by atoms with E-state index >= 15 is 0 Å². The quantitative estimate of drug-likeness (QED) is 0.0843. The number of aromatic nitrogens is 1. The van der Waals surface area contributed by atoms with E-state index in [0.29, 0.717) is 33.0 Å². The Morgan fingerprint density at radius 1 is 0.533 bits per heavy atom. The molecular weight excluding hydrogens is 574 g/mol. The highest BCUT2D eigenvalue weighted by molar-refractivity contribution is 6.46. The summed E-state index contributed by atoms with van der Waals surface area (Å²) in [5.74, 6) is -2.30. The van der Waals surface area contributed by atoms with E-state index in [1.807, 2.05) is 34.9 Å². The fourth-order valence-electron chi connectivity index (χ4n) is 4.87. The number of rotatable bonds is 9. The Kier molecular flexibility index (Phi) is 8.58. The maximum absolute atomic E-state index is 13.2. The molecule has 0 aliphatic rings. The highest BCUT2D eigenvalue weighted by Gasteiger charge is 2.20. The Balaban J connectivity index is 1.65. The van der Waals surface area contributed by atoms with Crippen molar-refractivity contribution in [2.24, 2.45) is 10.3 Å². The van der Waals surface area contributed by atoms with Crippen LogP contribution in [0.2, 0.25) is 0 Å². The molecule has 0 unspecified atom stereocenters. The second-order valence-corrected chi connectivity index (χ2v) is 10.2. The molecule has 10 nitrogen and oxygen atoms in total. The first kappa shape index (κ1) is 30.4. The van der Waals surface area contributed by atoms with Crippen molar-refractivity contribution in [3.63, 3.8) is 0 Å². The van der Waals surface area contributed by atoms with Crippen molar-refractivity contribution >= 4 is 62.5 Å². The molecule has 0 amide bonds. The zero-order valence-electron chi connectivity index (χ0n) is 24.9. The number of hydrogen-bond acceptors (Lipinski definition) is 9. The van der Waals surface area contributed by atoms with Crippen molar-refractivity contribution in [1.82, 2.24) is 4.57 Å². The summed E-state index contributed by atoms with van der Waals surface area (Å²) in [6.07, 6.45) is 0. The molecule has 4 aromatic carbocycles. The van der Waals surface area contributed by atoms with Gasteiger partial charge in [-0.3, -0.25) is 14.4 Å². The van der Waals surface area contributed by atoms with Crippen LogP contribution >= 0.6 is 0 Å². The molecule has 0 aliphatic heterocycles. The highest BCUT2D eigenvalue weighted by atomic mass is 16.7. The van der Waals surface area contributed by atoms with Gasteiger partial charge in [0, 0.05) is 52.6 Å². The van der Waals surface area contributed by atoms with Crippen LogP contribution in [0.3, 0.4) is 0 Å². The van der Waals surface area contributed by atoms with Crippen molar-refractivity contribution in [2.45, 2.75) is 27.7 Å². The Morgan fingerprint density at radius 2 is 0.956 bits per heavy atom. The first-order valence-corrected chi connectivity index (χ1v) is 13.9. The predicted octanol–water partition coefficient (Wildman–Crippen LogP) is 6.26. The molecule has 0 saturated heterocycles. The molecular formula is C35H27N3O7. The summed E-state index contributed by atoms with van der Waals surface area (Å²) in [5, 5.41) is 8.55. The van der Waals surface area contributed by atoms with Gasteiger partial charge in [0.1, 0.15) is 11.4 Å². The molecule has 5 rings (SSSR count). The second kappa shape index (κ2) is 12.7. The summed E-state index contributed by atoms with van der Waals surface area (Å²) in [6.45, 7) is 5.26. The highest BCUT2D eigenvalue weighted by Crippen LogP contribution is 2.34. The van der Waals surface area contributed by atoms with Gasteiger partial charge < -0.3 is 14.2 Å². The number of benzene rings is 4. The molecule has 5 aromatic rings. The van der Waals surface area contributed by atoms with Crippen LogP contribution in [0.1, 0.15) is 64.3 Å². The number of oxime groups is 2. The Bertz CT molecular complexity index is 1970. The number of nitrogens with zero attached hydrogens (tertiary/aromatic N) is 3. The number of Topliss-reactive ketones (excluding diaryl/α,β-unsaturated/α-hetero) is 2. The van der Waals surface area contributed by atoms with Crippen LogP contribution in [0.5, 0.6) is 0 Å². The van der Waals surface area contributed by atoms with E-state index < -0.39 is 23.5 Å².